The molecule has 6 rings (SSSR count). The molecule has 1 saturated carbocycles. The van der Waals surface area contributed by atoms with Crippen molar-refractivity contribution in [2.45, 2.75) is 58.0 Å². The van der Waals surface area contributed by atoms with E-state index in [1.54, 1.807) is 17.2 Å². The van der Waals surface area contributed by atoms with Crippen LogP contribution in [0.4, 0.5) is 21.9 Å². The molecule has 9 nitrogen and oxygen atoms in total. The molecule has 1 aliphatic heterocycles. The number of urea groups is 1. The van der Waals surface area contributed by atoms with Crippen molar-refractivity contribution in [1.82, 2.24) is 15.6 Å². The highest BCUT2D eigenvalue weighted by Gasteiger charge is 2.35. The predicted octanol–water partition coefficient (Wildman–Crippen LogP) is 6.87. The van der Waals surface area contributed by atoms with Gasteiger partial charge >= 0.3 is 6.03 Å². The van der Waals surface area contributed by atoms with Gasteiger partial charge in [0.05, 0.1) is 22.4 Å². The van der Waals surface area contributed by atoms with Gasteiger partial charge in [-0.2, -0.15) is 27.0 Å². The summed E-state index contributed by atoms with van der Waals surface area (Å²) in [4.78, 5) is 46.4. The summed E-state index contributed by atoms with van der Waals surface area (Å²) < 4.78 is 5.97. The van der Waals surface area contributed by atoms with Crippen LogP contribution in [0.5, 0.6) is 11.5 Å². The van der Waals surface area contributed by atoms with Crippen LogP contribution in [0.1, 0.15) is 54.3 Å². The lowest BCUT2D eigenvalue weighted by molar-refractivity contribution is -0.121. The van der Waals surface area contributed by atoms with E-state index in [4.69, 9.17) is 4.74 Å². The Hall–Kier alpha value is -3.74. The van der Waals surface area contributed by atoms with Crippen LogP contribution < -0.4 is 25.6 Å². The van der Waals surface area contributed by atoms with Gasteiger partial charge in [0.15, 0.2) is 0 Å². The third-order valence-corrected chi connectivity index (χ3v) is 8.69. The van der Waals surface area contributed by atoms with E-state index in [1.165, 1.54) is 11.3 Å². The van der Waals surface area contributed by atoms with Crippen LogP contribution >= 0.6 is 38.3 Å². The zero-order valence-corrected chi connectivity index (χ0v) is 26.7. The lowest BCUT2D eigenvalue weighted by Gasteiger charge is -2.33. The average molecular weight is 638 g/mol. The third kappa shape index (κ3) is 6.46. The molecule has 4 amide bonds. The van der Waals surface area contributed by atoms with Gasteiger partial charge in [0, 0.05) is 24.7 Å². The maximum absolute atomic E-state index is 13.6. The fourth-order valence-corrected chi connectivity index (χ4v) is 6.59. The summed E-state index contributed by atoms with van der Waals surface area (Å²) >= 11 is 1.25. The zero-order chi connectivity index (χ0) is 28.5. The molecule has 0 spiro atoms. The summed E-state index contributed by atoms with van der Waals surface area (Å²) in [6.45, 7) is 3.75. The van der Waals surface area contributed by atoms with Gasteiger partial charge in [-0.15, -0.1) is 11.3 Å². The normalized spacial score (nSPS) is 17.3. The number of aromatic nitrogens is 1. The molecule has 2 aliphatic rings. The maximum Gasteiger partial charge on any atom is 0.331 e. The summed E-state index contributed by atoms with van der Waals surface area (Å²) in [5.74, 6) is 1.10. The van der Waals surface area contributed by atoms with Gasteiger partial charge in [0.25, 0.3) is 5.91 Å². The molecule has 1 fully saturated rings. The zero-order valence-electron chi connectivity index (χ0n) is 23.9. The van der Waals surface area contributed by atoms with Crippen molar-refractivity contribution in [2.75, 3.05) is 10.2 Å². The van der Waals surface area contributed by atoms with Crippen LogP contribution in [0.15, 0.2) is 60.8 Å². The molecule has 0 radical (unpaired) electrons. The molecule has 0 bridgehead atoms. The lowest BCUT2D eigenvalue weighted by atomic mass is 9.90. The number of hydrogen-bond acceptors (Lipinski definition) is 6. The first-order chi connectivity index (χ1) is 19.9. The van der Waals surface area contributed by atoms with Gasteiger partial charge in [0.2, 0.25) is 5.91 Å². The van der Waals surface area contributed by atoms with E-state index >= 15 is 0 Å². The van der Waals surface area contributed by atoms with Gasteiger partial charge in [-0.25, -0.2) is 9.78 Å². The SMILES string of the molecule is CCC(=O)N[C@H]1CCCC[C@@H]1NC(=O)c1sc2nccc3c2c1NC(=O)N3c1ccc(Oc2ccccc2)cc1C.S.S. The molecule has 0 unspecified atom stereocenters. The minimum Gasteiger partial charge on any atom is -0.457 e. The van der Waals surface area contributed by atoms with E-state index in [0.29, 0.717) is 38.9 Å². The van der Waals surface area contributed by atoms with Gasteiger partial charge in [-0.3, -0.25) is 14.5 Å². The van der Waals surface area contributed by atoms with Crippen molar-refractivity contribution in [1.29, 1.82) is 0 Å². The fraction of sp³-hybridized carbons (Fsp3) is 0.290. The summed E-state index contributed by atoms with van der Waals surface area (Å²) in [7, 11) is 0. The van der Waals surface area contributed by atoms with Gasteiger partial charge in [-0.05, 0) is 61.7 Å². The Labute approximate surface area is 268 Å². The first kappa shape index (κ1) is 32.2. The molecular formula is C31H35N5O4S3. The monoisotopic (exact) mass is 637 g/mol. The number of pyridine rings is 1. The number of thiophene rings is 1. The van der Waals surface area contributed by atoms with Crippen molar-refractivity contribution < 1.29 is 19.1 Å². The van der Waals surface area contributed by atoms with Crippen molar-refractivity contribution in [2.24, 2.45) is 0 Å². The van der Waals surface area contributed by atoms with E-state index in [9.17, 15) is 14.4 Å². The minimum atomic E-state index is -0.358. The highest BCUT2D eigenvalue weighted by molar-refractivity contribution is 7.59. The van der Waals surface area contributed by atoms with Crippen molar-refractivity contribution >= 4 is 83.5 Å². The number of nitrogens with one attached hydrogen (secondary N) is 3. The molecule has 2 aromatic carbocycles. The minimum absolute atomic E-state index is 0. The molecule has 1 aliphatic carbocycles. The fourth-order valence-electron chi connectivity index (χ4n) is 5.57. The smallest absolute Gasteiger partial charge is 0.331 e. The Kier molecular flexibility index (Phi) is 10.3. The summed E-state index contributed by atoms with van der Waals surface area (Å²) in [6.07, 6.45) is 5.65. The number of carbonyl (C=O) groups is 3. The van der Waals surface area contributed by atoms with E-state index in [1.807, 2.05) is 62.4 Å². The van der Waals surface area contributed by atoms with Crippen molar-refractivity contribution in [3.63, 3.8) is 0 Å². The number of amides is 4. The molecule has 3 heterocycles. The molecular weight excluding hydrogens is 603 g/mol. The quantitative estimate of drug-likeness (QED) is 0.205. The number of para-hydroxylation sites is 1. The number of hydrogen-bond donors (Lipinski definition) is 3. The van der Waals surface area contributed by atoms with Crippen LogP contribution in [0.2, 0.25) is 0 Å². The molecule has 43 heavy (non-hydrogen) atoms. The number of benzene rings is 2. The van der Waals surface area contributed by atoms with E-state index < -0.39 is 0 Å². The number of carbonyl (C=O) groups excluding carboxylic acids is 3. The molecule has 2 aromatic heterocycles. The summed E-state index contributed by atoms with van der Waals surface area (Å²) in [5, 5.41) is 9.89. The van der Waals surface area contributed by atoms with Crippen LogP contribution in [-0.2, 0) is 4.79 Å². The first-order valence-corrected chi connectivity index (χ1v) is 14.7. The Morgan fingerprint density at radius 3 is 2.42 bits per heavy atom. The van der Waals surface area contributed by atoms with Crippen molar-refractivity contribution in [3.8, 4) is 11.5 Å². The predicted molar refractivity (Wildman–Crippen MR) is 181 cm³/mol. The second-order valence-electron chi connectivity index (χ2n) is 10.3. The van der Waals surface area contributed by atoms with Gasteiger partial charge in [0.1, 0.15) is 21.2 Å². The Morgan fingerprint density at radius 1 is 1.00 bits per heavy atom. The standard InChI is InChI=1S/C31H31N5O4S.2H2S/c1-3-25(37)33-21-11-7-8-12-22(21)34-29(38)28-27-26-24(15-16-32-30(26)41-28)36(31(39)35-27)23-14-13-20(17-18(23)2)40-19-9-5-4-6-10-19;;/h4-6,9-10,13-17,21-22H,3,7-8,11-12H2,1-2H3,(H,33,37)(H,34,38)(H,35,39);2*1H2/t21-,22-;;/m0../s1. The van der Waals surface area contributed by atoms with E-state index in [0.717, 1.165) is 42.4 Å². The molecule has 226 valence electrons. The number of aryl methyl sites for hydroxylation is 1. The first-order valence-electron chi connectivity index (χ1n) is 13.9. The number of anilines is 3. The van der Waals surface area contributed by atoms with Gasteiger partial charge < -0.3 is 20.7 Å². The molecule has 4 aromatic rings. The second kappa shape index (κ2) is 13.7. The molecule has 2 atom stereocenters. The third-order valence-electron chi connectivity index (χ3n) is 7.59. The molecule has 3 N–H and O–H groups in total. The summed E-state index contributed by atoms with van der Waals surface area (Å²) in [6, 6.07) is 16.3. The summed E-state index contributed by atoms with van der Waals surface area (Å²) in [5.41, 5.74) is 2.69. The van der Waals surface area contributed by atoms with E-state index in [-0.39, 0.29) is 56.9 Å². The number of rotatable bonds is 7. The maximum atomic E-state index is 13.6. The largest absolute Gasteiger partial charge is 0.457 e. The number of nitrogens with zero attached hydrogens (tertiary/aromatic N) is 2. The van der Waals surface area contributed by atoms with E-state index in [2.05, 4.69) is 20.9 Å². The Bertz CT molecular complexity index is 1650. The van der Waals surface area contributed by atoms with Crippen LogP contribution in [-0.4, -0.2) is 34.9 Å². The Balaban J connectivity index is 0.00000212. The van der Waals surface area contributed by atoms with Crippen LogP contribution in [0.3, 0.4) is 0 Å². The average Bonchev–Trinajstić information content (AvgIpc) is 3.35. The number of ether oxygens (including phenoxy) is 1. The topological polar surface area (TPSA) is 113 Å². The lowest BCUT2D eigenvalue weighted by Crippen LogP contribution is -2.53. The van der Waals surface area contributed by atoms with Gasteiger partial charge in [-0.1, -0.05) is 38.0 Å². The molecule has 12 heteroatoms. The Morgan fingerprint density at radius 2 is 1.72 bits per heavy atom. The van der Waals surface area contributed by atoms with Crippen LogP contribution in [0, 0.1) is 6.92 Å². The van der Waals surface area contributed by atoms with Crippen molar-refractivity contribution in [3.05, 3.63) is 71.2 Å². The second-order valence-corrected chi connectivity index (χ2v) is 11.3. The highest BCUT2D eigenvalue weighted by atomic mass is 32.1. The highest BCUT2D eigenvalue weighted by Crippen LogP contribution is 2.46. The van der Waals surface area contributed by atoms with Crippen LogP contribution in [0.25, 0.3) is 10.2 Å². The molecule has 0 saturated heterocycles.